The van der Waals surface area contributed by atoms with E-state index < -0.39 is 0 Å². The first-order valence-electron chi connectivity index (χ1n) is 12.6. The second-order valence-electron chi connectivity index (χ2n) is 9.95. The topological polar surface area (TPSA) is 111 Å². The summed E-state index contributed by atoms with van der Waals surface area (Å²) in [5, 5.41) is 12.0. The number of piperidine rings is 1. The Kier molecular flexibility index (Phi) is 5.89. The average Bonchev–Trinajstić information content (AvgIpc) is 3.23. The SMILES string of the molecule is N=Cc1cc(Nc2ncnc3sc4c(c23)CCC(C(=O)N2CC(N3CCCCC3)C2)C4)ccc1N. The van der Waals surface area contributed by atoms with Gasteiger partial charge >= 0.3 is 0 Å². The molecule has 0 spiro atoms. The number of hydrogen-bond donors (Lipinski definition) is 3. The molecule has 9 heteroatoms. The van der Waals surface area contributed by atoms with Crippen LogP contribution in [-0.4, -0.2) is 64.1 Å². The van der Waals surface area contributed by atoms with Crippen LogP contribution in [0.15, 0.2) is 24.5 Å². The van der Waals surface area contributed by atoms with Gasteiger partial charge in [0.05, 0.1) is 5.39 Å². The zero-order chi connectivity index (χ0) is 23.9. The maximum absolute atomic E-state index is 13.3. The summed E-state index contributed by atoms with van der Waals surface area (Å²) in [6.45, 7) is 4.18. The Labute approximate surface area is 209 Å². The van der Waals surface area contributed by atoms with Gasteiger partial charge in [0.1, 0.15) is 17.0 Å². The molecule has 1 amide bonds. The van der Waals surface area contributed by atoms with E-state index in [4.69, 9.17) is 11.1 Å². The molecule has 0 radical (unpaired) electrons. The summed E-state index contributed by atoms with van der Waals surface area (Å²) in [4.78, 5) is 29.2. The molecule has 2 aromatic heterocycles. The van der Waals surface area contributed by atoms with Gasteiger partial charge in [-0.1, -0.05) is 6.42 Å². The van der Waals surface area contributed by atoms with Gasteiger partial charge in [-0.15, -0.1) is 11.3 Å². The number of fused-ring (bicyclic) bond motifs is 3. The van der Waals surface area contributed by atoms with Gasteiger partial charge in [-0.3, -0.25) is 9.69 Å². The van der Waals surface area contributed by atoms with Crippen LogP contribution in [0.25, 0.3) is 10.2 Å². The summed E-state index contributed by atoms with van der Waals surface area (Å²) in [6.07, 6.45) is 9.31. The van der Waals surface area contributed by atoms with E-state index in [1.54, 1.807) is 23.7 Å². The van der Waals surface area contributed by atoms with Crippen LogP contribution >= 0.6 is 11.3 Å². The Balaban J connectivity index is 1.18. The number of nitrogens with zero attached hydrogens (tertiary/aromatic N) is 4. The highest BCUT2D eigenvalue weighted by molar-refractivity contribution is 7.19. The van der Waals surface area contributed by atoms with E-state index in [-0.39, 0.29) is 5.92 Å². The largest absolute Gasteiger partial charge is 0.398 e. The molecule has 2 fully saturated rings. The summed E-state index contributed by atoms with van der Waals surface area (Å²) in [7, 11) is 0. The molecule has 8 nitrogen and oxygen atoms in total. The van der Waals surface area contributed by atoms with Crippen LogP contribution in [0.2, 0.25) is 0 Å². The predicted octanol–water partition coefficient (Wildman–Crippen LogP) is 3.82. The Morgan fingerprint density at radius 1 is 1.20 bits per heavy atom. The van der Waals surface area contributed by atoms with E-state index in [1.807, 2.05) is 12.1 Å². The highest BCUT2D eigenvalue weighted by Crippen LogP contribution is 2.41. The molecule has 1 atom stereocenters. The van der Waals surface area contributed by atoms with E-state index in [0.29, 0.717) is 23.2 Å². The standard InChI is InChI=1S/C26H31N7OS/c27-12-17-10-18(5-7-21(17)28)31-24-23-20-6-4-16(11-22(20)35-25(23)30-15-29-24)26(34)33-13-19(14-33)32-8-2-1-3-9-32/h5,7,10,12,15-16,19,27H,1-4,6,8-9,11,13-14,28H2,(H,29,30,31). The van der Waals surface area contributed by atoms with E-state index in [9.17, 15) is 4.79 Å². The number of nitrogens with two attached hydrogens (primary N) is 1. The third kappa shape index (κ3) is 4.16. The first kappa shape index (κ1) is 22.4. The number of likely N-dealkylation sites (tertiary alicyclic amines) is 2. The molecule has 1 aliphatic carbocycles. The van der Waals surface area contributed by atoms with Gasteiger partial charge in [-0.05, 0) is 69.0 Å². The smallest absolute Gasteiger partial charge is 0.226 e. The van der Waals surface area contributed by atoms with Gasteiger partial charge < -0.3 is 21.4 Å². The van der Waals surface area contributed by atoms with E-state index in [2.05, 4.69) is 25.1 Å². The number of benzene rings is 1. The quantitative estimate of drug-likeness (QED) is 0.371. The van der Waals surface area contributed by atoms with Crippen molar-refractivity contribution < 1.29 is 4.79 Å². The molecule has 182 valence electrons. The molecule has 4 N–H and O–H groups in total. The third-order valence-corrected chi connectivity index (χ3v) is 8.94. The lowest BCUT2D eigenvalue weighted by atomic mass is 9.86. The summed E-state index contributed by atoms with van der Waals surface area (Å²) in [5.41, 5.74) is 9.29. The van der Waals surface area contributed by atoms with E-state index >= 15 is 0 Å². The molecular formula is C26H31N7OS. The van der Waals surface area contributed by atoms with Crippen LogP contribution in [0.4, 0.5) is 17.2 Å². The number of aryl methyl sites for hydroxylation is 1. The van der Waals surface area contributed by atoms with Crippen LogP contribution in [0.5, 0.6) is 0 Å². The van der Waals surface area contributed by atoms with Crippen molar-refractivity contribution >= 4 is 50.9 Å². The molecule has 3 aromatic rings. The molecular weight excluding hydrogens is 458 g/mol. The number of anilines is 3. The van der Waals surface area contributed by atoms with Gasteiger partial charge in [0.2, 0.25) is 5.91 Å². The molecule has 1 unspecified atom stereocenters. The van der Waals surface area contributed by atoms with Crippen molar-refractivity contribution in [3.63, 3.8) is 0 Å². The zero-order valence-electron chi connectivity index (χ0n) is 19.8. The minimum absolute atomic E-state index is 0.0643. The van der Waals surface area contributed by atoms with Crippen LogP contribution < -0.4 is 11.1 Å². The lowest BCUT2D eigenvalue weighted by Gasteiger charge is -2.47. The monoisotopic (exact) mass is 489 g/mol. The fourth-order valence-electron chi connectivity index (χ4n) is 5.74. The van der Waals surface area contributed by atoms with Gasteiger partial charge in [-0.2, -0.15) is 0 Å². The maximum atomic E-state index is 13.3. The Bertz CT molecular complexity index is 1280. The number of amides is 1. The lowest BCUT2D eigenvalue weighted by molar-refractivity contribution is -0.143. The lowest BCUT2D eigenvalue weighted by Crippen LogP contribution is -2.63. The summed E-state index contributed by atoms with van der Waals surface area (Å²) in [6, 6.07) is 6.11. The predicted molar refractivity (Wildman–Crippen MR) is 141 cm³/mol. The molecule has 6 rings (SSSR count). The molecule has 2 saturated heterocycles. The van der Waals surface area contributed by atoms with Crippen molar-refractivity contribution in [1.82, 2.24) is 19.8 Å². The Morgan fingerprint density at radius 3 is 2.83 bits per heavy atom. The highest BCUT2D eigenvalue weighted by atomic mass is 32.1. The minimum Gasteiger partial charge on any atom is -0.398 e. The first-order chi connectivity index (χ1) is 17.1. The van der Waals surface area contributed by atoms with Gasteiger partial charge in [0.15, 0.2) is 0 Å². The van der Waals surface area contributed by atoms with Crippen molar-refractivity contribution in [1.29, 1.82) is 5.41 Å². The number of carbonyl (C=O) groups is 1. The maximum Gasteiger partial charge on any atom is 0.226 e. The molecule has 0 saturated carbocycles. The second kappa shape index (κ2) is 9.20. The third-order valence-electron chi connectivity index (χ3n) is 7.78. The van der Waals surface area contributed by atoms with Crippen LogP contribution in [0.3, 0.4) is 0 Å². The number of carbonyl (C=O) groups excluding carboxylic acids is 1. The van der Waals surface area contributed by atoms with Crippen molar-refractivity contribution in [2.45, 2.75) is 44.6 Å². The Morgan fingerprint density at radius 2 is 2.03 bits per heavy atom. The molecule has 1 aromatic carbocycles. The molecule has 0 bridgehead atoms. The zero-order valence-corrected chi connectivity index (χ0v) is 20.6. The number of hydrogen-bond acceptors (Lipinski definition) is 8. The molecule has 4 heterocycles. The number of thiophene rings is 1. The van der Waals surface area contributed by atoms with Crippen molar-refractivity contribution in [3.8, 4) is 0 Å². The minimum atomic E-state index is 0.0643. The molecule has 2 aliphatic heterocycles. The van der Waals surface area contributed by atoms with E-state index in [0.717, 1.165) is 54.1 Å². The van der Waals surface area contributed by atoms with Crippen molar-refractivity contribution in [2.24, 2.45) is 5.92 Å². The summed E-state index contributed by atoms with van der Waals surface area (Å²) in [5.74, 6) is 1.16. The van der Waals surface area contributed by atoms with Gasteiger partial charge in [0.25, 0.3) is 0 Å². The van der Waals surface area contributed by atoms with E-state index in [1.165, 1.54) is 49.0 Å². The molecule has 3 aliphatic rings. The van der Waals surface area contributed by atoms with Crippen LogP contribution in [0.1, 0.15) is 41.7 Å². The molecule has 35 heavy (non-hydrogen) atoms. The number of aromatic nitrogens is 2. The summed E-state index contributed by atoms with van der Waals surface area (Å²) < 4.78 is 0. The first-order valence-corrected chi connectivity index (χ1v) is 13.4. The summed E-state index contributed by atoms with van der Waals surface area (Å²) >= 11 is 1.69. The van der Waals surface area contributed by atoms with Crippen molar-refractivity contribution in [3.05, 3.63) is 40.5 Å². The number of nitrogens with one attached hydrogen (secondary N) is 2. The highest BCUT2D eigenvalue weighted by Gasteiger charge is 2.39. The fraction of sp³-hybridized carbons (Fsp3) is 0.462. The number of rotatable bonds is 5. The van der Waals surface area contributed by atoms with Gasteiger partial charge in [-0.25, -0.2) is 9.97 Å². The van der Waals surface area contributed by atoms with Crippen LogP contribution in [-0.2, 0) is 17.6 Å². The van der Waals surface area contributed by atoms with Gasteiger partial charge in [0, 0.05) is 53.1 Å². The second-order valence-corrected chi connectivity index (χ2v) is 11.0. The normalized spacial score (nSPS) is 20.9. The fourth-order valence-corrected chi connectivity index (χ4v) is 7.00. The number of nitrogen functional groups attached to an aromatic ring is 1. The van der Waals surface area contributed by atoms with Crippen molar-refractivity contribution in [2.75, 3.05) is 37.2 Å². The average molecular weight is 490 g/mol. The Hall–Kier alpha value is -3.04. The van der Waals surface area contributed by atoms with Crippen LogP contribution in [0, 0.1) is 11.3 Å².